The van der Waals surface area contributed by atoms with Gasteiger partial charge in [-0.3, -0.25) is 0 Å². The summed E-state index contributed by atoms with van der Waals surface area (Å²) in [5.74, 6) is 0.439. The van der Waals surface area contributed by atoms with E-state index in [-0.39, 0.29) is 0 Å². The summed E-state index contributed by atoms with van der Waals surface area (Å²) in [7, 11) is 0. The van der Waals surface area contributed by atoms with Crippen LogP contribution in [0.3, 0.4) is 0 Å². The monoisotopic (exact) mass is 302 g/mol. The zero-order valence-corrected chi connectivity index (χ0v) is 12.4. The van der Waals surface area contributed by atoms with Crippen LogP contribution in [0.4, 0.5) is 14.9 Å². The third kappa shape index (κ3) is 4.77. The number of aryl methyl sites for hydroxylation is 1. The molecule has 0 radical (unpaired) electrons. The molecule has 2 amide bonds. The Morgan fingerprint density at radius 3 is 2.77 bits per heavy atom. The van der Waals surface area contributed by atoms with Crippen molar-refractivity contribution in [3.05, 3.63) is 59.9 Å². The molecular weight excluding hydrogens is 283 g/mol. The van der Waals surface area contributed by atoms with E-state index in [1.54, 1.807) is 6.07 Å². The number of anilines is 1. The molecule has 22 heavy (non-hydrogen) atoms. The summed E-state index contributed by atoms with van der Waals surface area (Å²) in [6, 6.07) is 13.2. The highest BCUT2D eigenvalue weighted by Crippen LogP contribution is 2.17. The van der Waals surface area contributed by atoms with Crippen LogP contribution in [0.25, 0.3) is 0 Å². The fraction of sp³-hybridized carbons (Fsp3) is 0.235. The fourth-order valence-electron chi connectivity index (χ4n) is 2.00. The van der Waals surface area contributed by atoms with Crippen LogP contribution < -0.4 is 15.4 Å². The van der Waals surface area contributed by atoms with Crippen molar-refractivity contribution in [3.8, 4) is 5.75 Å². The fourth-order valence-corrected chi connectivity index (χ4v) is 2.00. The molecular formula is C17H19FN2O2. The molecule has 0 aliphatic rings. The largest absolute Gasteiger partial charge is 0.491 e. The van der Waals surface area contributed by atoms with Crippen molar-refractivity contribution in [2.24, 2.45) is 0 Å². The molecule has 0 saturated carbocycles. The molecule has 2 aromatic rings. The van der Waals surface area contributed by atoms with E-state index in [0.29, 0.717) is 18.8 Å². The molecule has 0 fully saturated rings. The second-order valence-corrected chi connectivity index (χ2v) is 4.70. The van der Waals surface area contributed by atoms with Gasteiger partial charge in [0, 0.05) is 5.69 Å². The number of benzene rings is 2. The summed E-state index contributed by atoms with van der Waals surface area (Å²) in [5.41, 5.74) is 1.54. The van der Waals surface area contributed by atoms with Crippen LogP contribution in [0.2, 0.25) is 0 Å². The minimum atomic E-state index is -0.391. The highest BCUT2D eigenvalue weighted by molar-refractivity contribution is 5.89. The molecule has 0 bridgehead atoms. The van der Waals surface area contributed by atoms with Crippen molar-refractivity contribution < 1.29 is 13.9 Å². The molecule has 0 unspecified atom stereocenters. The van der Waals surface area contributed by atoms with E-state index < -0.39 is 11.8 Å². The van der Waals surface area contributed by atoms with Crippen LogP contribution in [-0.2, 0) is 6.42 Å². The van der Waals surface area contributed by atoms with Crippen LogP contribution in [-0.4, -0.2) is 19.2 Å². The molecule has 4 nitrogen and oxygen atoms in total. The Morgan fingerprint density at radius 2 is 2.00 bits per heavy atom. The van der Waals surface area contributed by atoms with Gasteiger partial charge in [0.15, 0.2) is 0 Å². The molecule has 0 atom stereocenters. The number of hydrogen-bond acceptors (Lipinski definition) is 2. The number of nitrogens with one attached hydrogen (secondary N) is 2. The summed E-state index contributed by atoms with van der Waals surface area (Å²) in [5, 5.41) is 5.22. The highest BCUT2D eigenvalue weighted by atomic mass is 19.1. The Kier molecular flexibility index (Phi) is 5.77. The predicted molar refractivity (Wildman–Crippen MR) is 84.7 cm³/mol. The molecule has 2 aromatic carbocycles. The van der Waals surface area contributed by atoms with Gasteiger partial charge in [0.05, 0.1) is 6.54 Å². The second kappa shape index (κ2) is 8.02. The number of hydrogen-bond donors (Lipinski definition) is 2. The second-order valence-electron chi connectivity index (χ2n) is 4.70. The Morgan fingerprint density at radius 1 is 1.18 bits per heavy atom. The van der Waals surface area contributed by atoms with Gasteiger partial charge in [0.25, 0.3) is 0 Å². The lowest BCUT2D eigenvalue weighted by molar-refractivity contribution is 0.247. The van der Waals surface area contributed by atoms with Crippen molar-refractivity contribution in [2.75, 3.05) is 18.5 Å². The molecule has 0 aliphatic heterocycles. The number of ether oxygens (including phenoxy) is 1. The number of urea groups is 1. The van der Waals surface area contributed by atoms with Gasteiger partial charge >= 0.3 is 6.03 Å². The number of carbonyl (C=O) groups excluding carboxylic acids is 1. The van der Waals surface area contributed by atoms with E-state index >= 15 is 0 Å². The van der Waals surface area contributed by atoms with Crippen molar-refractivity contribution in [1.82, 2.24) is 5.32 Å². The first-order valence-electron chi connectivity index (χ1n) is 7.20. The van der Waals surface area contributed by atoms with Gasteiger partial charge in [-0.2, -0.15) is 0 Å². The molecule has 2 N–H and O–H groups in total. The van der Waals surface area contributed by atoms with E-state index in [2.05, 4.69) is 17.6 Å². The maximum atomic E-state index is 13.0. The average Bonchev–Trinajstić information content (AvgIpc) is 2.52. The van der Waals surface area contributed by atoms with Gasteiger partial charge < -0.3 is 15.4 Å². The minimum absolute atomic E-state index is 0.360. The standard InChI is InChI=1S/C17H19FN2O2/c1-2-13-6-3-4-9-16(13)22-11-10-19-17(21)20-15-8-5-7-14(18)12-15/h3-9,12H,2,10-11H2,1H3,(H2,19,20,21). The Hall–Kier alpha value is -2.56. The SMILES string of the molecule is CCc1ccccc1OCCNC(=O)Nc1cccc(F)c1. The van der Waals surface area contributed by atoms with Gasteiger partial charge in [0.1, 0.15) is 18.2 Å². The molecule has 5 heteroatoms. The van der Waals surface area contributed by atoms with Crippen LogP contribution >= 0.6 is 0 Å². The molecule has 0 aliphatic carbocycles. The number of halogens is 1. The van der Waals surface area contributed by atoms with Crippen LogP contribution in [0.1, 0.15) is 12.5 Å². The van der Waals surface area contributed by atoms with Gasteiger partial charge in [-0.15, -0.1) is 0 Å². The van der Waals surface area contributed by atoms with Crippen LogP contribution in [0, 0.1) is 5.82 Å². The van der Waals surface area contributed by atoms with Crippen LogP contribution in [0.5, 0.6) is 5.75 Å². The quantitative estimate of drug-likeness (QED) is 0.801. The first-order valence-corrected chi connectivity index (χ1v) is 7.20. The Labute approximate surface area is 129 Å². The third-order valence-electron chi connectivity index (χ3n) is 3.08. The summed E-state index contributed by atoms with van der Waals surface area (Å²) in [6.45, 7) is 2.79. The maximum Gasteiger partial charge on any atom is 0.319 e. The molecule has 0 saturated heterocycles. The van der Waals surface area contributed by atoms with E-state index in [0.717, 1.165) is 17.7 Å². The zero-order valence-electron chi connectivity index (χ0n) is 12.4. The van der Waals surface area contributed by atoms with E-state index in [9.17, 15) is 9.18 Å². The van der Waals surface area contributed by atoms with E-state index in [4.69, 9.17) is 4.74 Å². The summed E-state index contributed by atoms with van der Waals surface area (Å²) in [6.07, 6.45) is 0.893. The lowest BCUT2D eigenvalue weighted by Crippen LogP contribution is -2.32. The number of para-hydroxylation sites is 1. The summed E-state index contributed by atoms with van der Waals surface area (Å²) in [4.78, 5) is 11.7. The first kappa shape index (κ1) is 15.8. The Balaban J connectivity index is 1.73. The van der Waals surface area contributed by atoms with Gasteiger partial charge in [-0.1, -0.05) is 31.2 Å². The average molecular weight is 302 g/mol. The molecule has 0 spiro atoms. The normalized spacial score (nSPS) is 10.1. The summed E-state index contributed by atoms with van der Waals surface area (Å²) < 4.78 is 18.6. The number of carbonyl (C=O) groups is 1. The number of rotatable bonds is 6. The van der Waals surface area contributed by atoms with Gasteiger partial charge in [-0.05, 0) is 36.2 Å². The van der Waals surface area contributed by atoms with Crippen molar-refractivity contribution in [3.63, 3.8) is 0 Å². The van der Waals surface area contributed by atoms with Gasteiger partial charge in [0.2, 0.25) is 0 Å². The molecule has 116 valence electrons. The molecule has 2 rings (SSSR count). The van der Waals surface area contributed by atoms with Crippen molar-refractivity contribution >= 4 is 11.7 Å². The van der Waals surface area contributed by atoms with Crippen LogP contribution in [0.15, 0.2) is 48.5 Å². The maximum absolute atomic E-state index is 13.0. The number of amides is 2. The summed E-state index contributed by atoms with van der Waals surface area (Å²) >= 11 is 0. The van der Waals surface area contributed by atoms with E-state index in [1.165, 1.54) is 18.2 Å². The topological polar surface area (TPSA) is 50.4 Å². The molecule has 0 aromatic heterocycles. The minimum Gasteiger partial charge on any atom is -0.491 e. The molecule has 0 heterocycles. The highest BCUT2D eigenvalue weighted by Gasteiger charge is 2.03. The smallest absolute Gasteiger partial charge is 0.319 e. The lowest BCUT2D eigenvalue weighted by atomic mass is 10.1. The third-order valence-corrected chi connectivity index (χ3v) is 3.08. The zero-order chi connectivity index (χ0) is 15.8. The van der Waals surface area contributed by atoms with Gasteiger partial charge in [-0.25, -0.2) is 9.18 Å². The predicted octanol–water partition coefficient (Wildman–Crippen LogP) is 3.59. The van der Waals surface area contributed by atoms with E-state index in [1.807, 2.05) is 24.3 Å². The van der Waals surface area contributed by atoms with Crippen molar-refractivity contribution in [1.29, 1.82) is 0 Å². The van der Waals surface area contributed by atoms with Crippen molar-refractivity contribution in [2.45, 2.75) is 13.3 Å². The Bertz CT molecular complexity index is 632. The first-order chi connectivity index (χ1) is 10.7. The lowest BCUT2D eigenvalue weighted by Gasteiger charge is -2.11.